The van der Waals surface area contributed by atoms with Gasteiger partial charge in [0.2, 0.25) is 11.8 Å². The molecule has 0 unspecified atom stereocenters. The predicted molar refractivity (Wildman–Crippen MR) is 176 cm³/mol. The van der Waals surface area contributed by atoms with Crippen molar-refractivity contribution in [3.8, 4) is 11.6 Å². The third kappa shape index (κ3) is 9.81. The van der Waals surface area contributed by atoms with Crippen LogP contribution in [0.4, 0.5) is 45.0 Å². The number of piperazine rings is 1. The summed E-state index contributed by atoms with van der Waals surface area (Å²) in [5, 5.41) is 5.31. The minimum absolute atomic E-state index is 0.0135. The van der Waals surface area contributed by atoms with Crippen molar-refractivity contribution in [2.45, 2.75) is 12.6 Å². The normalized spacial score (nSPS) is 14.8. The van der Waals surface area contributed by atoms with Crippen LogP contribution in [0.3, 0.4) is 0 Å². The maximum absolute atomic E-state index is 15.0. The fourth-order valence-electron chi connectivity index (χ4n) is 4.91. The first-order valence-electron chi connectivity index (χ1n) is 15.2. The summed E-state index contributed by atoms with van der Waals surface area (Å²) in [5.74, 6) is -2.96. The largest absolute Gasteiger partial charge is 0.436 e. The Bertz CT molecular complexity index is 1820. The maximum Gasteiger partial charge on any atom is 0.434 e. The highest BCUT2D eigenvalue weighted by Gasteiger charge is 2.40. The molecule has 1 amide bonds. The molecule has 4 aromatic rings. The lowest BCUT2D eigenvalue weighted by Gasteiger charge is -2.32. The second-order valence-corrected chi connectivity index (χ2v) is 11.2. The zero-order valence-corrected chi connectivity index (χ0v) is 26.3. The number of aromatic nitrogens is 2. The van der Waals surface area contributed by atoms with E-state index in [2.05, 4.69) is 48.5 Å². The molecule has 1 fully saturated rings. The summed E-state index contributed by atoms with van der Waals surface area (Å²) in [6.45, 7) is 5.14. The van der Waals surface area contributed by atoms with Crippen LogP contribution >= 0.6 is 0 Å². The zero-order chi connectivity index (χ0) is 35.0. The van der Waals surface area contributed by atoms with E-state index in [0.717, 1.165) is 80.7 Å². The van der Waals surface area contributed by atoms with Crippen molar-refractivity contribution in [2.75, 3.05) is 50.4 Å². The molecule has 10 nitrogen and oxygen atoms in total. The maximum atomic E-state index is 15.0. The minimum Gasteiger partial charge on any atom is -0.436 e. The van der Waals surface area contributed by atoms with Crippen molar-refractivity contribution in [1.82, 2.24) is 19.8 Å². The molecule has 1 aliphatic rings. The number of halogens is 5. The third-order valence-electron chi connectivity index (χ3n) is 7.53. The monoisotopic (exact) mass is 680 g/mol. The van der Waals surface area contributed by atoms with Crippen molar-refractivity contribution < 1.29 is 31.5 Å². The first-order chi connectivity index (χ1) is 23.5. The van der Waals surface area contributed by atoms with E-state index in [1.165, 1.54) is 24.4 Å². The molecule has 15 heteroatoms. The van der Waals surface area contributed by atoms with E-state index in [9.17, 15) is 22.4 Å². The number of nitrogens with zero attached hydrogens (tertiary/aromatic N) is 5. The van der Waals surface area contributed by atoms with Gasteiger partial charge in [-0.15, -0.1) is 0 Å². The minimum atomic E-state index is -5.10. The number of rotatable bonds is 11. The molecule has 4 N–H and O–H groups in total. The van der Waals surface area contributed by atoms with E-state index in [1.807, 2.05) is 18.2 Å². The molecule has 2 heterocycles. The number of likely N-dealkylation sites (N-methyl/N-ethyl adjacent to an activating group) is 1. The number of carbonyl (C=O) groups is 1. The Balaban J connectivity index is 1.22. The predicted octanol–water partition coefficient (Wildman–Crippen LogP) is 6.20. The first-order valence-corrected chi connectivity index (χ1v) is 15.2. The Kier molecular flexibility index (Phi) is 11.2. The van der Waals surface area contributed by atoms with Gasteiger partial charge in [-0.25, -0.2) is 18.8 Å². The van der Waals surface area contributed by atoms with Crippen LogP contribution in [-0.2, 0) is 11.2 Å². The summed E-state index contributed by atoms with van der Waals surface area (Å²) >= 11 is 0. The lowest BCUT2D eigenvalue weighted by molar-refractivity contribution is -0.113. The van der Waals surface area contributed by atoms with Crippen molar-refractivity contribution >= 4 is 34.6 Å². The number of nitrogens with two attached hydrogens (primary N) is 1. The molecule has 0 saturated carbocycles. The van der Waals surface area contributed by atoms with E-state index >= 15 is 4.39 Å². The van der Waals surface area contributed by atoms with Crippen LogP contribution in [0.25, 0.3) is 0 Å². The number of ether oxygens (including phenoxy) is 1. The molecule has 49 heavy (non-hydrogen) atoms. The third-order valence-corrected chi connectivity index (χ3v) is 7.53. The van der Waals surface area contributed by atoms with Crippen molar-refractivity contribution in [2.24, 2.45) is 10.7 Å². The molecular formula is C34H33F5N8O2. The number of amides is 1. The molecule has 5 rings (SSSR count). The first kappa shape index (κ1) is 34.9. The second kappa shape index (κ2) is 15.7. The summed E-state index contributed by atoms with van der Waals surface area (Å²) in [7, 11) is 2.12. The van der Waals surface area contributed by atoms with Gasteiger partial charge >= 0.3 is 6.18 Å². The highest BCUT2D eigenvalue weighted by molar-refractivity contribution is 6.27. The van der Waals surface area contributed by atoms with Gasteiger partial charge in [0.05, 0.1) is 11.3 Å². The van der Waals surface area contributed by atoms with Gasteiger partial charge in [0.1, 0.15) is 5.82 Å². The van der Waals surface area contributed by atoms with Crippen LogP contribution in [0.1, 0.15) is 5.56 Å². The van der Waals surface area contributed by atoms with E-state index in [1.54, 1.807) is 0 Å². The van der Waals surface area contributed by atoms with Gasteiger partial charge < -0.3 is 30.9 Å². The summed E-state index contributed by atoms with van der Waals surface area (Å²) in [6, 6.07) is 16.4. The topological polar surface area (TPSA) is 121 Å². The van der Waals surface area contributed by atoms with E-state index in [4.69, 9.17) is 10.5 Å². The number of hydrogen-bond acceptors (Lipinski definition) is 9. The molecule has 0 radical (unpaired) electrons. The molecule has 0 spiro atoms. The summed E-state index contributed by atoms with van der Waals surface area (Å²) in [6.07, 6.45) is -2.35. The Morgan fingerprint density at radius 3 is 2.45 bits per heavy atom. The van der Waals surface area contributed by atoms with E-state index in [-0.39, 0.29) is 29.0 Å². The molecule has 0 atom stereocenters. The number of alkyl halides is 3. The molecule has 0 bridgehead atoms. The number of carbonyl (C=O) groups excluding carboxylic acids is 1. The SMILES string of the molecule is CN1CCN(CCc2cccc(Nc3nccc(Oc4ccc(NC(=O)/C(=C/N)C(=Nc5ccc(F)cc5)C(F)(F)F)cc4F)n3)c2)CC1. The Morgan fingerprint density at radius 1 is 1.00 bits per heavy atom. The lowest BCUT2D eigenvalue weighted by Crippen LogP contribution is -2.45. The van der Waals surface area contributed by atoms with E-state index in [0.29, 0.717) is 6.20 Å². The fourth-order valence-corrected chi connectivity index (χ4v) is 4.91. The average Bonchev–Trinajstić information content (AvgIpc) is 3.06. The molecular weight excluding hydrogens is 647 g/mol. The molecule has 1 aliphatic heterocycles. The smallest absolute Gasteiger partial charge is 0.434 e. The Morgan fingerprint density at radius 2 is 1.76 bits per heavy atom. The van der Waals surface area contributed by atoms with Crippen LogP contribution in [0.5, 0.6) is 11.6 Å². The lowest BCUT2D eigenvalue weighted by atomic mass is 10.1. The zero-order valence-electron chi connectivity index (χ0n) is 26.3. The van der Waals surface area contributed by atoms with Gasteiger partial charge in [0, 0.05) is 68.6 Å². The highest BCUT2D eigenvalue weighted by atomic mass is 19.4. The van der Waals surface area contributed by atoms with Crippen molar-refractivity contribution in [3.05, 3.63) is 108 Å². The number of aliphatic imine (C=N–C) groups is 1. The number of benzene rings is 3. The van der Waals surface area contributed by atoms with Gasteiger partial charge in [0.15, 0.2) is 17.3 Å². The molecule has 1 aromatic heterocycles. The van der Waals surface area contributed by atoms with Gasteiger partial charge in [0.25, 0.3) is 5.91 Å². The van der Waals surface area contributed by atoms with Gasteiger partial charge in [-0.3, -0.25) is 4.79 Å². The van der Waals surface area contributed by atoms with Crippen LogP contribution in [0, 0.1) is 11.6 Å². The van der Waals surface area contributed by atoms with Crippen LogP contribution in [0.15, 0.2) is 95.8 Å². The van der Waals surface area contributed by atoms with Crippen molar-refractivity contribution in [3.63, 3.8) is 0 Å². The average molecular weight is 681 g/mol. The quantitative estimate of drug-likeness (QED) is 0.0974. The second-order valence-electron chi connectivity index (χ2n) is 11.2. The number of anilines is 3. The van der Waals surface area contributed by atoms with E-state index < -0.39 is 35.0 Å². The molecule has 256 valence electrons. The Labute approximate surface area is 279 Å². The fraction of sp³-hybridized carbons (Fsp3) is 0.235. The standard InChI is InChI=1S/C34H33F5N8O2/c1-46-15-17-47(18-16-46)14-12-22-3-2-4-25(19-22)44-33-41-13-11-30(45-33)49-29-10-9-26(20-28(29)36)43-32(48)27(21-40)31(34(37,38)39)42-24-7-5-23(35)6-8-24/h2-11,13,19-21H,12,14-18,40H2,1H3,(H,43,48)(H,41,44,45)/b27-21+,42-31?. The number of hydrogen-bond donors (Lipinski definition) is 3. The molecule has 3 aromatic carbocycles. The highest BCUT2D eigenvalue weighted by Crippen LogP contribution is 2.29. The summed E-state index contributed by atoms with van der Waals surface area (Å²) < 4.78 is 75.4. The number of nitrogens with one attached hydrogen (secondary N) is 2. The summed E-state index contributed by atoms with van der Waals surface area (Å²) in [4.78, 5) is 29.5. The van der Waals surface area contributed by atoms with Crippen LogP contribution < -0.4 is 21.1 Å². The van der Waals surface area contributed by atoms with Crippen LogP contribution in [-0.4, -0.2) is 77.3 Å². The Hall–Kier alpha value is -5.41. The summed E-state index contributed by atoms with van der Waals surface area (Å²) in [5.41, 5.74) is 4.19. The van der Waals surface area contributed by atoms with Crippen molar-refractivity contribution in [1.29, 1.82) is 0 Å². The van der Waals surface area contributed by atoms with Gasteiger partial charge in [-0.2, -0.15) is 18.2 Å². The van der Waals surface area contributed by atoms with Gasteiger partial charge in [-0.1, -0.05) is 12.1 Å². The molecule has 1 saturated heterocycles. The molecule has 0 aliphatic carbocycles. The van der Waals surface area contributed by atoms with Crippen LogP contribution in [0.2, 0.25) is 0 Å². The van der Waals surface area contributed by atoms with Gasteiger partial charge in [-0.05, 0) is 67.6 Å².